The van der Waals surface area contributed by atoms with Crippen LogP contribution in [0.1, 0.15) is 42.2 Å². The van der Waals surface area contributed by atoms with Crippen molar-refractivity contribution in [3.05, 3.63) is 35.4 Å². The van der Waals surface area contributed by atoms with Crippen LogP contribution in [-0.4, -0.2) is 73.7 Å². The third-order valence-electron chi connectivity index (χ3n) is 6.84. The topological polar surface area (TPSA) is 59.1 Å². The molecule has 4 aliphatic heterocycles. The van der Waals surface area contributed by atoms with E-state index < -0.39 is 0 Å². The molecule has 0 aliphatic carbocycles. The summed E-state index contributed by atoms with van der Waals surface area (Å²) in [6.07, 6.45) is 2.65. The van der Waals surface area contributed by atoms with Crippen LogP contribution >= 0.6 is 0 Å². The molecule has 2 amide bonds. The van der Waals surface area contributed by atoms with E-state index >= 15 is 0 Å². The Morgan fingerprint density at radius 2 is 1.71 bits per heavy atom. The van der Waals surface area contributed by atoms with Crippen LogP contribution in [0.15, 0.2) is 24.3 Å². The van der Waals surface area contributed by atoms with Gasteiger partial charge in [0.15, 0.2) is 5.78 Å². The van der Waals surface area contributed by atoms with E-state index in [-0.39, 0.29) is 30.4 Å². The Morgan fingerprint density at radius 1 is 0.964 bits per heavy atom. The normalized spacial score (nSPS) is 30.9. The summed E-state index contributed by atoms with van der Waals surface area (Å²) in [5.74, 6) is 1.29. The van der Waals surface area contributed by atoms with E-state index in [1.54, 1.807) is 0 Å². The Hall–Kier alpha value is -1.92. The van der Waals surface area contributed by atoms with Crippen molar-refractivity contribution >= 4 is 11.8 Å². The number of amides is 2. The molecule has 1 aromatic carbocycles. The van der Waals surface area contributed by atoms with Crippen LogP contribution in [0.2, 0.25) is 0 Å². The summed E-state index contributed by atoms with van der Waals surface area (Å²) in [5.41, 5.74) is 2.68. The molecule has 0 radical (unpaired) electrons. The van der Waals surface area contributed by atoms with Gasteiger partial charge in [0, 0.05) is 57.0 Å². The first-order valence-electron chi connectivity index (χ1n) is 10.5. The molecule has 4 heterocycles. The number of piperidine rings is 1. The average molecular weight is 384 g/mol. The molecule has 0 unspecified atom stereocenters. The Labute approximate surface area is 165 Å². The Balaban J connectivity index is 1.14. The van der Waals surface area contributed by atoms with E-state index in [9.17, 15) is 9.59 Å². The first-order chi connectivity index (χ1) is 13.7. The number of ketones is 1. The van der Waals surface area contributed by atoms with E-state index in [0.717, 1.165) is 45.7 Å². The van der Waals surface area contributed by atoms with Crippen LogP contribution < -0.4 is 0 Å². The van der Waals surface area contributed by atoms with Crippen molar-refractivity contribution in [2.24, 2.45) is 5.92 Å². The van der Waals surface area contributed by atoms with E-state index in [2.05, 4.69) is 24.3 Å². The zero-order chi connectivity index (χ0) is 19.1. The molecular formula is C22H28N2O4. The van der Waals surface area contributed by atoms with Gasteiger partial charge in [-0.25, -0.2) is 4.79 Å². The molecule has 28 heavy (non-hydrogen) atoms. The van der Waals surface area contributed by atoms with Gasteiger partial charge in [-0.2, -0.15) is 0 Å². The molecule has 4 fully saturated rings. The zero-order valence-corrected chi connectivity index (χ0v) is 16.2. The molecule has 1 aromatic rings. The SMILES string of the molecule is O=C1CO[C@H]2CCN(C(=O)N3CC(c4ccc([C@H]5CCOC5)cc4)C3)C[C@H]2C1. The standard InChI is InChI=1S/C22H28N2O4/c25-20-9-18-10-23(7-5-21(18)28-14-20)22(26)24-11-19(12-24)16-3-1-15(2-4-16)17-6-8-27-13-17/h1-4,17-19,21H,5-14H2/t17-,18+,21-/m0/s1. The third-order valence-corrected chi connectivity index (χ3v) is 6.84. The summed E-state index contributed by atoms with van der Waals surface area (Å²) < 4.78 is 11.1. The fourth-order valence-electron chi connectivity index (χ4n) is 5.03. The number of likely N-dealkylation sites (tertiary alicyclic amines) is 2. The van der Waals surface area contributed by atoms with Gasteiger partial charge in [0.1, 0.15) is 6.61 Å². The number of Topliss-reactive ketones (excluding diaryl/α,β-unsaturated/α-hetero) is 1. The summed E-state index contributed by atoms with van der Waals surface area (Å²) in [7, 11) is 0. The van der Waals surface area contributed by atoms with Crippen molar-refractivity contribution in [3.63, 3.8) is 0 Å². The largest absolute Gasteiger partial charge is 0.381 e. The summed E-state index contributed by atoms with van der Waals surface area (Å²) >= 11 is 0. The number of fused-ring (bicyclic) bond motifs is 1. The van der Waals surface area contributed by atoms with Crippen LogP contribution in [0, 0.1) is 5.92 Å². The fraction of sp³-hybridized carbons (Fsp3) is 0.636. The van der Waals surface area contributed by atoms with Crippen molar-refractivity contribution in [1.82, 2.24) is 9.80 Å². The molecule has 0 spiro atoms. The lowest BCUT2D eigenvalue weighted by Gasteiger charge is -2.46. The molecule has 150 valence electrons. The highest BCUT2D eigenvalue weighted by molar-refractivity contribution is 5.81. The third kappa shape index (κ3) is 3.44. The predicted octanol–water partition coefficient (Wildman–Crippen LogP) is 2.39. The van der Waals surface area contributed by atoms with Gasteiger partial charge in [0.25, 0.3) is 0 Å². The van der Waals surface area contributed by atoms with Crippen LogP contribution in [-0.2, 0) is 14.3 Å². The summed E-state index contributed by atoms with van der Waals surface area (Å²) in [6, 6.07) is 9.01. The van der Waals surface area contributed by atoms with Gasteiger partial charge in [-0.05, 0) is 24.0 Å². The Kier molecular flexibility index (Phi) is 4.85. The molecule has 3 atom stereocenters. The maximum absolute atomic E-state index is 12.9. The Bertz CT molecular complexity index is 737. The molecule has 5 rings (SSSR count). The molecule has 6 nitrogen and oxygen atoms in total. The second-order valence-electron chi connectivity index (χ2n) is 8.70. The number of carbonyl (C=O) groups excluding carboxylic acids is 2. The highest BCUT2D eigenvalue weighted by atomic mass is 16.5. The average Bonchev–Trinajstić information content (AvgIpc) is 3.21. The minimum absolute atomic E-state index is 0.118. The number of ether oxygens (including phenoxy) is 2. The van der Waals surface area contributed by atoms with E-state index in [0.29, 0.717) is 24.8 Å². The van der Waals surface area contributed by atoms with Gasteiger partial charge < -0.3 is 19.3 Å². The number of urea groups is 1. The lowest BCUT2D eigenvalue weighted by molar-refractivity contribution is -0.140. The van der Waals surface area contributed by atoms with Gasteiger partial charge in [-0.15, -0.1) is 0 Å². The van der Waals surface area contributed by atoms with E-state index in [1.807, 2.05) is 9.80 Å². The van der Waals surface area contributed by atoms with Crippen LogP contribution in [0.5, 0.6) is 0 Å². The lowest BCUT2D eigenvalue weighted by atomic mass is 9.87. The van der Waals surface area contributed by atoms with Crippen molar-refractivity contribution in [2.75, 3.05) is 46.0 Å². The highest BCUT2D eigenvalue weighted by Crippen LogP contribution is 2.33. The smallest absolute Gasteiger partial charge is 0.320 e. The van der Waals surface area contributed by atoms with Crippen molar-refractivity contribution in [2.45, 2.75) is 37.2 Å². The van der Waals surface area contributed by atoms with Gasteiger partial charge in [0.05, 0.1) is 12.7 Å². The lowest BCUT2D eigenvalue weighted by Crippen LogP contribution is -2.58. The molecule has 6 heteroatoms. The van der Waals surface area contributed by atoms with Crippen LogP contribution in [0.25, 0.3) is 0 Å². The molecular weight excluding hydrogens is 356 g/mol. The van der Waals surface area contributed by atoms with Crippen LogP contribution in [0.4, 0.5) is 4.79 Å². The number of rotatable bonds is 2. The quantitative estimate of drug-likeness (QED) is 0.786. The number of hydrogen-bond acceptors (Lipinski definition) is 4. The predicted molar refractivity (Wildman–Crippen MR) is 103 cm³/mol. The zero-order valence-electron chi connectivity index (χ0n) is 16.2. The summed E-state index contributed by atoms with van der Waals surface area (Å²) in [4.78, 5) is 28.4. The summed E-state index contributed by atoms with van der Waals surface area (Å²) in [5, 5.41) is 0. The monoisotopic (exact) mass is 384 g/mol. The fourth-order valence-corrected chi connectivity index (χ4v) is 5.03. The Morgan fingerprint density at radius 3 is 2.43 bits per heavy atom. The summed E-state index contributed by atoms with van der Waals surface area (Å²) in [6.45, 7) is 4.89. The van der Waals surface area contributed by atoms with Gasteiger partial charge in [-0.3, -0.25) is 4.79 Å². The first-order valence-corrected chi connectivity index (χ1v) is 10.5. The van der Waals surface area contributed by atoms with Gasteiger partial charge in [-0.1, -0.05) is 24.3 Å². The molecule has 0 aromatic heterocycles. The van der Waals surface area contributed by atoms with Gasteiger partial charge >= 0.3 is 6.03 Å². The second-order valence-corrected chi connectivity index (χ2v) is 8.70. The maximum Gasteiger partial charge on any atom is 0.320 e. The number of carbonyl (C=O) groups is 2. The highest BCUT2D eigenvalue weighted by Gasteiger charge is 2.40. The van der Waals surface area contributed by atoms with Crippen molar-refractivity contribution in [1.29, 1.82) is 0 Å². The number of benzene rings is 1. The number of nitrogens with zero attached hydrogens (tertiary/aromatic N) is 2. The number of hydrogen-bond donors (Lipinski definition) is 0. The molecule has 4 aliphatic rings. The van der Waals surface area contributed by atoms with E-state index in [1.165, 1.54) is 11.1 Å². The second kappa shape index (κ2) is 7.48. The van der Waals surface area contributed by atoms with Crippen LogP contribution in [0.3, 0.4) is 0 Å². The molecule has 4 saturated heterocycles. The molecule has 0 bridgehead atoms. The van der Waals surface area contributed by atoms with Crippen molar-refractivity contribution in [3.8, 4) is 0 Å². The van der Waals surface area contributed by atoms with Crippen molar-refractivity contribution < 1.29 is 19.1 Å². The minimum atomic E-state index is 0.118. The first kappa shape index (κ1) is 18.1. The molecule has 0 N–H and O–H groups in total. The van der Waals surface area contributed by atoms with E-state index in [4.69, 9.17) is 9.47 Å². The van der Waals surface area contributed by atoms with Gasteiger partial charge in [0.2, 0.25) is 0 Å². The maximum atomic E-state index is 12.9. The minimum Gasteiger partial charge on any atom is -0.381 e. The molecule has 0 saturated carbocycles.